The largest absolute Gasteiger partial charge is 0.357 e. The molecule has 0 fully saturated rings. The molecule has 98 valence electrons. The molecule has 0 saturated heterocycles. The fourth-order valence-electron chi connectivity index (χ4n) is 2.34. The summed E-state index contributed by atoms with van der Waals surface area (Å²) in [5, 5.41) is 5.37. The minimum atomic E-state index is 0.530. The number of aromatic nitrogens is 2. The summed E-state index contributed by atoms with van der Waals surface area (Å²) in [5.74, 6) is 1.95. The molecule has 0 aliphatic carbocycles. The Labute approximate surface area is 113 Å². The molecule has 0 N–H and O–H groups in total. The first-order valence-corrected chi connectivity index (χ1v) is 7.31. The predicted octanol–water partition coefficient (Wildman–Crippen LogP) is 3.49. The highest BCUT2D eigenvalue weighted by atomic mass is 79.9. The summed E-state index contributed by atoms with van der Waals surface area (Å²) in [6.45, 7) is 8.88. The average molecular weight is 302 g/mol. The Bertz CT molecular complexity index is 371. The summed E-state index contributed by atoms with van der Waals surface area (Å²) in [6, 6.07) is 0.530. The van der Waals surface area contributed by atoms with Crippen molar-refractivity contribution in [1.29, 1.82) is 0 Å². The van der Waals surface area contributed by atoms with Crippen LogP contribution in [0.2, 0.25) is 0 Å². The van der Waals surface area contributed by atoms with Crippen LogP contribution in [-0.2, 0) is 12.4 Å². The van der Waals surface area contributed by atoms with Gasteiger partial charge in [0.1, 0.15) is 5.82 Å². The van der Waals surface area contributed by atoms with Gasteiger partial charge in [0.2, 0.25) is 0 Å². The minimum absolute atomic E-state index is 0.530. The van der Waals surface area contributed by atoms with Crippen LogP contribution in [0.4, 0.5) is 5.82 Å². The van der Waals surface area contributed by atoms with Crippen molar-refractivity contribution in [1.82, 2.24) is 9.78 Å². The summed E-state index contributed by atoms with van der Waals surface area (Å²) in [5.41, 5.74) is 2.41. The van der Waals surface area contributed by atoms with Gasteiger partial charge in [0.05, 0.1) is 5.69 Å². The Hall–Kier alpha value is -0.510. The van der Waals surface area contributed by atoms with Gasteiger partial charge >= 0.3 is 0 Å². The maximum Gasteiger partial charge on any atom is 0.130 e. The van der Waals surface area contributed by atoms with Gasteiger partial charge in [-0.3, -0.25) is 4.68 Å². The van der Waals surface area contributed by atoms with E-state index < -0.39 is 0 Å². The molecular weight excluding hydrogens is 278 g/mol. The van der Waals surface area contributed by atoms with Gasteiger partial charge in [-0.15, -0.1) is 0 Å². The Morgan fingerprint density at radius 1 is 1.35 bits per heavy atom. The van der Waals surface area contributed by atoms with Crippen molar-refractivity contribution in [2.75, 3.05) is 11.9 Å². The Morgan fingerprint density at radius 2 is 1.94 bits per heavy atom. The van der Waals surface area contributed by atoms with E-state index in [1.54, 1.807) is 0 Å². The summed E-state index contributed by atoms with van der Waals surface area (Å²) in [6.07, 6.45) is 1.20. The van der Waals surface area contributed by atoms with E-state index in [2.05, 4.69) is 60.7 Å². The maximum absolute atomic E-state index is 4.51. The molecule has 0 spiro atoms. The quantitative estimate of drug-likeness (QED) is 0.776. The predicted molar refractivity (Wildman–Crippen MR) is 77.9 cm³/mol. The zero-order valence-electron chi connectivity index (χ0n) is 11.8. The molecule has 3 nitrogen and oxygen atoms in total. The number of halogens is 1. The van der Waals surface area contributed by atoms with Crippen LogP contribution >= 0.6 is 15.9 Å². The molecule has 0 radical (unpaired) electrons. The Balaban J connectivity index is 2.98. The molecule has 0 amide bonds. The lowest BCUT2D eigenvalue weighted by Gasteiger charge is -2.29. The molecule has 0 bridgehead atoms. The van der Waals surface area contributed by atoms with Crippen LogP contribution in [-0.4, -0.2) is 22.9 Å². The van der Waals surface area contributed by atoms with Gasteiger partial charge in [-0.2, -0.15) is 5.10 Å². The maximum atomic E-state index is 4.51. The summed E-state index contributed by atoms with van der Waals surface area (Å²) in [4.78, 5) is 2.34. The fourth-order valence-corrected chi connectivity index (χ4v) is 2.99. The van der Waals surface area contributed by atoms with Gasteiger partial charge in [-0.05, 0) is 26.2 Å². The van der Waals surface area contributed by atoms with Crippen LogP contribution in [0.25, 0.3) is 0 Å². The molecule has 0 saturated carbocycles. The highest BCUT2D eigenvalue weighted by Crippen LogP contribution is 2.27. The van der Waals surface area contributed by atoms with Crippen LogP contribution in [0.3, 0.4) is 0 Å². The lowest BCUT2D eigenvalue weighted by Crippen LogP contribution is -2.32. The summed E-state index contributed by atoms with van der Waals surface area (Å²) < 4.78 is 1.99. The van der Waals surface area contributed by atoms with Gasteiger partial charge in [-0.1, -0.05) is 29.8 Å². The average Bonchev–Trinajstić information content (AvgIpc) is 2.50. The SMILES string of the molecule is Cc1nn(C)c(N(C)C(C)CC(C)C)c1CBr. The second-order valence-corrected chi connectivity index (χ2v) is 5.80. The smallest absolute Gasteiger partial charge is 0.130 e. The molecule has 17 heavy (non-hydrogen) atoms. The molecule has 1 heterocycles. The number of aryl methyl sites for hydroxylation is 2. The Morgan fingerprint density at radius 3 is 2.41 bits per heavy atom. The topological polar surface area (TPSA) is 21.1 Å². The summed E-state index contributed by atoms with van der Waals surface area (Å²) >= 11 is 3.56. The van der Waals surface area contributed by atoms with E-state index in [0.29, 0.717) is 12.0 Å². The van der Waals surface area contributed by atoms with Gasteiger partial charge in [0.25, 0.3) is 0 Å². The van der Waals surface area contributed by atoms with E-state index in [0.717, 1.165) is 11.0 Å². The monoisotopic (exact) mass is 301 g/mol. The fraction of sp³-hybridized carbons (Fsp3) is 0.769. The van der Waals surface area contributed by atoms with Gasteiger partial charge in [-0.25, -0.2) is 0 Å². The van der Waals surface area contributed by atoms with Crippen molar-refractivity contribution in [3.8, 4) is 0 Å². The third-order valence-electron chi connectivity index (χ3n) is 3.25. The first-order valence-electron chi connectivity index (χ1n) is 6.19. The van der Waals surface area contributed by atoms with Crippen LogP contribution in [0.5, 0.6) is 0 Å². The van der Waals surface area contributed by atoms with Crippen LogP contribution in [0.1, 0.15) is 38.4 Å². The van der Waals surface area contributed by atoms with Gasteiger partial charge < -0.3 is 4.90 Å². The Kier molecular flexibility index (Phi) is 5.04. The van der Waals surface area contributed by atoms with E-state index in [9.17, 15) is 0 Å². The van der Waals surface area contributed by atoms with E-state index >= 15 is 0 Å². The first kappa shape index (κ1) is 14.6. The normalized spacial score (nSPS) is 13.2. The van der Waals surface area contributed by atoms with Gasteiger partial charge in [0, 0.05) is 31.0 Å². The third kappa shape index (κ3) is 3.24. The van der Waals surface area contributed by atoms with E-state index in [1.807, 2.05) is 11.7 Å². The molecule has 1 atom stereocenters. The van der Waals surface area contributed by atoms with E-state index in [-0.39, 0.29) is 0 Å². The number of anilines is 1. The number of nitrogens with zero attached hydrogens (tertiary/aromatic N) is 3. The molecular formula is C13H24BrN3. The molecule has 1 aromatic heterocycles. The highest BCUT2D eigenvalue weighted by Gasteiger charge is 2.20. The molecule has 1 aromatic rings. The van der Waals surface area contributed by atoms with Crippen LogP contribution < -0.4 is 4.90 Å². The van der Waals surface area contributed by atoms with Crippen molar-refractivity contribution in [2.24, 2.45) is 13.0 Å². The van der Waals surface area contributed by atoms with Crippen molar-refractivity contribution < 1.29 is 0 Å². The highest BCUT2D eigenvalue weighted by molar-refractivity contribution is 9.08. The molecule has 1 unspecified atom stereocenters. The lowest BCUT2D eigenvalue weighted by molar-refractivity contribution is 0.497. The molecule has 1 rings (SSSR count). The van der Waals surface area contributed by atoms with E-state index in [1.165, 1.54) is 17.8 Å². The lowest BCUT2D eigenvalue weighted by atomic mass is 10.0. The van der Waals surface area contributed by atoms with Crippen molar-refractivity contribution in [3.05, 3.63) is 11.3 Å². The number of hydrogen-bond donors (Lipinski definition) is 0. The number of alkyl halides is 1. The second-order valence-electron chi connectivity index (χ2n) is 5.23. The summed E-state index contributed by atoms with van der Waals surface area (Å²) in [7, 11) is 4.18. The van der Waals surface area contributed by atoms with Crippen molar-refractivity contribution in [3.63, 3.8) is 0 Å². The van der Waals surface area contributed by atoms with Gasteiger partial charge in [0.15, 0.2) is 0 Å². The number of rotatable bonds is 5. The minimum Gasteiger partial charge on any atom is -0.357 e. The standard InChI is InChI=1S/C13H24BrN3/c1-9(2)7-10(3)16(5)13-12(8-14)11(4)15-17(13)6/h9-10H,7-8H2,1-6H3. The van der Waals surface area contributed by atoms with Crippen molar-refractivity contribution in [2.45, 2.75) is 45.5 Å². The van der Waals surface area contributed by atoms with E-state index in [4.69, 9.17) is 0 Å². The molecule has 0 aliphatic rings. The van der Waals surface area contributed by atoms with Crippen LogP contribution in [0, 0.1) is 12.8 Å². The first-order chi connectivity index (χ1) is 7.88. The number of hydrogen-bond acceptors (Lipinski definition) is 2. The second kappa shape index (κ2) is 5.89. The third-order valence-corrected chi connectivity index (χ3v) is 3.82. The van der Waals surface area contributed by atoms with Crippen molar-refractivity contribution >= 4 is 21.7 Å². The molecule has 0 aromatic carbocycles. The zero-order chi connectivity index (χ0) is 13.2. The van der Waals surface area contributed by atoms with Crippen LogP contribution in [0.15, 0.2) is 0 Å². The molecule has 4 heteroatoms. The molecule has 0 aliphatic heterocycles. The zero-order valence-corrected chi connectivity index (χ0v) is 13.4.